The van der Waals surface area contributed by atoms with E-state index in [0.29, 0.717) is 19.6 Å². The lowest BCUT2D eigenvalue weighted by Gasteiger charge is -2.26. The maximum atomic E-state index is 11.0. The van der Waals surface area contributed by atoms with Gasteiger partial charge in [-0.05, 0) is 12.3 Å². The van der Waals surface area contributed by atoms with Gasteiger partial charge < -0.3 is 4.74 Å². The summed E-state index contributed by atoms with van der Waals surface area (Å²) in [5.41, 5.74) is 1.67. The molecular formula is C7H13NO3. The van der Waals surface area contributed by atoms with E-state index in [-0.39, 0.29) is 17.7 Å². The van der Waals surface area contributed by atoms with E-state index in [1.54, 1.807) is 5.48 Å². The van der Waals surface area contributed by atoms with Crippen molar-refractivity contribution in [2.24, 2.45) is 11.8 Å². The molecule has 1 aliphatic rings. The van der Waals surface area contributed by atoms with Gasteiger partial charge in [0, 0.05) is 19.1 Å². The highest BCUT2D eigenvalue weighted by atomic mass is 16.5. The van der Waals surface area contributed by atoms with E-state index < -0.39 is 0 Å². The molecule has 2 unspecified atom stereocenters. The summed E-state index contributed by atoms with van der Waals surface area (Å²) in [4.78, 5) is 11.0. The van der Waals surface area contributed by atoms with Crippen LogP contribution in [-0.4, -0.2) is 24.3 Å². The molecule has 64 valence electrons. The zero-order chi connectivity index (χ0) is 8.27. The molecule has 2 atom stereocenters. The summed E-state index contributed by atoms with van der Waals surface area (Å²) in [6.07, 6.45) is 0.702. The van der Waals surface area contributed by atoms with Crippen LogP contribution in [0.5, 0.6) is 0 Å². The average molecular weight is 159 g/mol. The summed E-state index contributed by atoms with van der Waals surface area (Å²) in [6.45, 7) is 3.17. The van der Waals surface area contributed by atoms with Crippen molar-refractivity contribution in [2.45, 2.75) is 13.3 Å². The fourth-order valence-electron chi connectivity index (χ4n) is 1.35. The van der Waals surface area contributed by atoms with Crippen molar-refractivity contribution in [2.75, 3.05) is 13.2 Å². The smallest absolute Gasteiger partial charge is 0.246 e. The van der Waals surface area contributed by atoms with Gasteiger partial charge in [0.15, 0.2) is 0 Å². The molecule has 0 aromatic rings. The highest BCUT2D eigenvalue weighted by molar-refractivity contribution is 5.77. The number of hydrogen-bond donors (Lipinski definition) is 2. The Morgan fingerprint density at radius 2 is 2.45 bits per heavy atom. The fourth-order valence-corrected chi connectivity index (χ4v) is 1.35. The molecule has 0 bridgehead atoms. The van der Waals surface area contributed by atoms with Crippen LogP contribution in [0.3, 0.4) is 0 Å². The number of hydroxylamine groups is 1. The summed E-state index contributed by atoms with van der Waals surface area (Å²) in [5, 5.41) is 8.36. The molecule has 11 heavy (non-hydrogen) atoms. The minimum atomic E-state index is -0.291. The maximum Gasteiger partial charge on any atom is 0.246 e. The Balaban J connectivity index is 2.47. The van der Waals surface area contributed by atoms with Gasteiger partial charge in [0.05, 0.1) is 0 Å². The third kappa shape index (κ3) is 1.91. The Bertz CT molecular complexity index is 149. The number of amides is 1. The molecule has 1 saturated heterocycles. The van der Waals surface area contributed by atoms with Crippen LogP contribution in [0.15, 0.2) is 0 Å². The lowest BCUT2D eigenvalue weighted by Crippen LogP contribution is -2.37. The number of nitrogens with one attached hydrogen (secondary N) is 1. The van der Waals surface area contributed by atoms with Gasteiger partial charge in [-0.2, -0.15) is 0 Å². The third-order valence-corrected chi connectivity index (χ3v) is 2.09. The van der Waals surface area contributed by atoms with Crippen molar-refractivity contribution in [1.82, 2.24) is 5.48 Å². The monoisotopic (exact) mass is 159 g/mol. The number of ether oxygens (including phenoxy) is 1. The highest BCUT2D eigenvalue weighted by Crippen LogP contribution is 2.20. The lowest BCUT2D eigenvalue weighted by molar-refractivity contribution is -0.139. The van der Waals surface area contributed by atoms with Crippen molar-refractivity contribution in [1.29, 1.82) is 0 Å². The van der Waals surface area contributed by atoms with Crippen LogP contribution < -0.4 is 5.48 Å². The minimum Gasteiger partial charge on any atom is -0.381 e. The molecule has 0 radical (unpaired) electrons. The number of carbonyl (C=O) groups excluding carboxylic acids is 1. The van der Waals surface area contributed by atoms with Gasteiger partial charge >= 0.3 is 0 Å². The predicted octanol–water partition coefficient (Wildman–Crippen LogP) is 0.164. The molecule has 4 heteroatoms. The van der Waals surface area contributed by atoms with Gasteiger partial charge in [0.2, 0.25) is 5.91 Å². The number of hydrogen-bond acceptors (Lipinski definition) is 3. The molecule has 1 rings (SSSR count). The first-order chi connectivity index (χ1) is 5.25. The largest absolute Gasteiger partial charge is 0.381 e. The minimum absolute atomic E-state index is 0.0891. The third-order valence-electron chi connectivity index (χ3n) is 2.09. The summed E-state index contributed by atoms with van der Waals surface area (Å²) in [5.74, 6) is -0.176. The van der Waals surface area contributed by atoms with Crippen LogP contribution >= 0.6 is 0 Å². The van der Waals surface area contributed by atoms with Crippen molar-refractivity contribution >= 4 is 5.91 Å². The van der Waals surface area contributed by atoms with Crippen molar-refractivity contribution in [3.63, 3.8) is 0 Å². The van der Waals surface area contributed by atoms with E-state index >= 15 is 0 Å². The van der Waals surface area contributed by atoms with Gasteiger partial charge in [-0.15, -0.1) is 0 Å². The SMILES string of the molecule is CC1COCCC1C(=O)NO. The van der Waals surface area contributed by atoms with Crippen LogP contribution in [0, 0.1) is 11.8 Å². The Labute approximate surface area is 65.5 Å². The number of carbonyl (C=O) groups is 1. The van der Waals surface area contributed by atoms with Gasteiger partial charge in [-0.3, -0.25) is 10.0 Å². The first-order valence-electron chi connectivity index (χ1n) is 3.77. The molecular weight excluding hydrogens is 146 g/mol. The highest BCUT2D eigenvalue weighted by Gasteiger charge is 2.27. The summed E-state index contributed by atoms with van der Waals surface area (Å²) in [6, 6.07) is 0. The second-order valence-corrected chi connectivity index (χ2v) is 2.92. The molecule has 2 N–H and O–H groups in total. The molecule has 1 fully saturated rings. The van der Waals surface area contributed by atoms with Gasteiger partial charge in [-0.25, -0.2) is 5.48 Å². The predicted molar refractivity (Wildman–Crippen MR) is 38.0 cm³/mol. The van der Waals surface area contributed by atoms with Crippen LogP contribution in [0.25, 0.3) is 0 Å². The van der Waals surface area contributed by atoms with Crippen molar-refractivity contribution in [3.8, 4) is 0 Å². The quantitative estimate of drug-likeness (QED) is 0.423. The van der Waals surface area contributed by atoms with Crippen molar-refractivity contribution < 1.29 is 14.7 Å². The zero-order valence-electron chi connectivity index (χ0n) is 6.54. The molecule has 0 aromatic heterocycles. The van der Waals surface area contributed by atoms with E-state index in [2.05, 4.69) is 0 Å². The molecule has 0 aliphatic carbocycles. The molecule has 4 nitrogen and oxygen atoms in total. The first-order valence-corrected chi connectivity index (χ1v) is 3.77. The zero-order valence-corrected chi connectivity index (χ0v) is 6.54. The number of rotatable bonds is 1. The standard InChI is InChI=1S/C7H13NO3/c1-5-4-11-3-2-6(5)7(9)8-10/h5-6,10H,2-4H2,1H3,(H,8,9). The van der Waals surface area contributed by atoms with Crippen LogP contribution in [-0.2, 0) is 9.53 Å². The second kappa shape index (κ2) is 3.69. The van der Waals surface area contributed by atoms with Crippen LogP contribution in [0.2, 0.25) is 0 Å². The molecule has 1 aliphatic heterocycles. The maximum absolute atomic E-state index is 11.0. The summed E-state index contributed by atoms with van der Waals surface area (Å²) >= 11 is 0. The molecule has 1 heterocycles. The summed E-state index contributed by atoms with van der Waals surface area (Å²) in [7, 11) is 0. The average Bonchev–Trinajstić information content (AvgIpc) is 2.04. The van der Waals surface area contributed by atoms with Gasteiger partial charge in [-0.1, -0.05) is 6.92 Å². The topological polar surface area (TPSA) is 58.6 Å². The van der Waals surface area contributed by atoms with Crippen LogP contribution in [0.4, 0.5) is 0 Å². The normalized spacial score (nSPS) is 31.5. The van der Waals surface area contributed by atoms with E-state index in [0.717, 1.165) is 0 Å². The molecule has 0 spiro atoms. The fraction of sp³-hybridized carbons (Fsp3) is 0.857. The first kappa shape index (κ1) is 8.49. The Morgan fingerprint density at radius 1 is 1.73 bits per heavy atom. The molecule has 0 saturated carbocycles. The van der Waals surface area contributed by atoms with E-state index in [1.807, 2.05) is 6.92 Å². The molecule has 0 aromatic carbocycles. The van der Waals surface area contributed by atoms with Gasteiger partial charge in [0.1, 0.15) is 0 Å². The Morgan fingerprint density at radius 3 is 3.00 bits per heavy atom. The van der Waals surface area contributed by atoms with E-state index in [9.17, 15) is 4.79 Å². The Hall–Kier alpha value is -0.610. The van der Waals surface area contributed by atoms with Crippen LogP contribution in [0.1, 0.15) is 13.3 Å². The van der Waals surface area contributed by atoms with Gasteiger partial charge in [0.25, 0.3) is 0 Å². The van der Waals surface area contributed by atoms with E-state index in [1.165, 1.54) is 0 Å². The molecule has 1 amide bonds. The lowest BCUT2D eigenvalue weighted by atomic mass is 9.89. The summed E-state index contributed by atoms with van der Waals surface area (Å²) < 4.78 is 5.14. The Kier molecular flexibility index (Phi) is 2.84. The van der Waals surface area contributed by atoms with Crippen molar-refractivity contribution in [3.05, 3.63) is 0 Å². The van der Waals surface area contributed by atoms with E-state index in [4.69, 9.17) is 9.94 Å². The second-order valence-electron chi connectivity index (χ2n) is 2.92.